The Balaban J connectivity index is 4.18. The zero-order valence-corrected chi connectivity index (χ0v) is 12.5. The third kappa shape index (κ3) is 5.02. The molecule has 0 rings (SSSR count). The van der Waals surface area contributed by atoms with Crippen LogP contribution in [-0.2, 0) is 9.84 Å². The minimum Gasteiger partial charge on any atom is -0.312 e. The first-order valence-corrected chi connectivity index (χ1v) is 7.82. The summed E-state index contributed by atoms with van der Waals surface area (Å²) >= 11 is 5.79. The number of nitrogens with one attached hydrogen (secondary N) is 1. The van der Waals surface area contributed by atoms with Crippen molar-refractivity contribution in [3.63, 3.8) is 0 Å². The maximum atomic E-state index is 11.8. The molecule has 0 saturated carbocycles. The average molecular weight is 270 g/mol. The standard InChI is InChI=1S/C11H24ClNO2S/c1-9(2)10(8-12)13-6-7-16(14,15)11(3,4)5/h9-10,13H,6-8H2,1-5H3. The second-order valence-electron chi connectivity index (χ2n) is 5.39. The summed E-state index contributed by atoms with van der Waals surface area (Å²) in [5.74, 6) is 1.08. The lowest BCUT2D eigenvalue weighted by Crippen LogP contribution is -2.41. The van der Waals surface area contributed by atoms with E-state index in [0.717, 1.165) is 0 Å². The smallest absolute Gasteiger partial charge is 0.156 e. The van der Waals surface area contributed by atoms with Gasteiger partial charge in [-0.1, -0.05) is 13.8 Å². The van der Waals surface area contributed by atoms with E-state index in [4.69, 9.17) is 11.6 Å². The molecule has 0 fully saturated rings. The van der Waals surface area contributed by atoms with Gasteiger partial charge in [0.05, 0.1) is 10.5 Å². The van der Waals surface area contributed by atoms with E-state index < -0.39 is 14.6 Å². The fraction of sp³-hybridized carbons (Fsp3) is 1.00. The Morgan fingerprint density at radius 2 is 1.75 bits per heavy atom. The molecular formula is C11H24ClNO2S. The highest BCUT2D eigenvalue weighted by Gasteiger charge is 2.28. The third-order valence-electron chi connectivity index (χ3n) is 2.68. The molecule has 0 aromatic heterocycles. The van der Waals surface area contributed by atoms with Gasteiger partial charge in [0.15, 0.2) is 9.84 Å². The molecule has 0 amide bonds. The lowest BCUT2D eigenvalue weighted by molar-refractivity contribution is 0.440. The SMILES string of the molecule is CC(C)C(CCl)NCCS(=O)(=O)C(C)(C)C. The summed E-state index contributed by atoms with van der Waals surface area (Å²) in [6.45, 7) is 9.78. The lowest BCUT2D eigenvalue weighted by Gasteiger charge is -2.22. The number of hydrogen-bond donors (Lipinski definition) is 1. The van der Waals surface area contributed by atoms with Crippen LogP contribution in [0.2, 0.25) is 0 Å². The monoisotopic (exact) mass is 269 g/mol. The minimum absolute atomic E-state index is 0.163. The Hall–Kier alpha value is 0.200. The first-order chi connectivity index (χ1) is 7.12. The molecular weight excluding hydrogens is 246 g/mol. The molecule has 3 nitrogen and oxygen atoms in total. The summed E-state index contributed by atoms with van der Waals surface area (Å²) in [4.78, 5) is 0. The maximum Gasteiger partial charge on any atom is 0.156 e. The summed E-state index contributed by atoms with van der Waals surface area (Å²) in [5.41, 5.74) is 0. The number of sulfone groups is 1. The zero-order chi connectivity index (χ0) is 13.0. The van der Waals surface area contributed by atoms with Gasteiger partial charge in [0.2, 0.25) is 0 Å². The predicted molar refractivity (Wildman–Crippen MR) is 70.9 cm³/mol. The van der Waals surface area contributed by atoms with Crippen molar-refractivity contribution in [1.82, 2.24) is 5.32 Å². The van der Waals surface area contributed by atoms with Gasteiger partial charge in [-0.3, -0.25) is 0 Å². The molecule has 1 N–H and O–H groups in total. The zero-order valence-electron chi connectivity index (χ0n) is 10.9. The van der Waals surface area contributed by atoms with Crippen molar-refractivity contribution in [1.29, 1.82) is 0 Å². The van der Waals surface area contributed by atoms with E-state index in [1.54, 1.807) is 20.8 Å². The van der Waals surface area contributed by atoms with Gasteiger partial charge in [-0.2, -0.15) is 0 Å². The van der Waals surface area contributed by atoms with E-state index in [9.17, 15) is 8.42 Å². The Labute approximate surface area is 105 Å². The first-order valence-electron chi connectivity index (χ1n) is 5.63. The summed E-state index contributed by atoms with van der Waals surface area (Å²) in [7, 11) is -3.03. The van der Waals surface area contributed by atoms with Crippen molar-refractivity contribution >= 4 is 21.4 Å². The van der Waals surface area contributed by atoms with Gasteiger partial charge < -0.3 is 5.32 Å². The van der Waals surface area contributed by atoms with Crippen LogP contribution in [0.25, 0.3) is 0 Å². The van der Waals surface area contributed by atoms with Crippen LogP contribution in [0.3, 0.4) is 0 Å². The maximum absolute atomic E-state index is 11.8. The molecule has 0 radical (unpaired) electrons. The molecule has 5 heteroatoms. The Bertz CT molecular complexity index is 294. The molecule has 1 atom stereocenters. The van der Waals surface area contributed by atoms with Gasteiger partial charge in [0.1, 0.15) is 0 Å². The molecule has 0 heterocycles. The van der Waals surface area contributed by atoms with Gasteiger partial charge in [-0.05, 0) is 26.7 Å². The normalized spacial score (nSPS) is 15.4. The second-order valence-corrected chi connectivity index (χ2v) is 8.56. The van der Waals surface area contributed by atoms with Crippen LogP contribution in [0.15, 0.2) is 0 Å². The van der Waals surface area contributed by atoms with Crippen molar-refractivity contribution in [2.75, 3.05) is 18.2 Å². The fourth-order valence-electron chi connectivity index (χ4n) is 1.15. The quantitative estimate of drug-likeness (QED) is 0.751. The molecule has 0 aliphatic rings. The number of alkyl halides is 1. The largest absolute Gasteiger partial charge is 0.312 e. The highest BCUT2D eigenvalue weighted by molar-refractivity contribution is 7.92. The van der Waals surface area contributed by atoms with Crippen molar-refractivity contribution < 1.29 is 8.42 Å². The molecule has 0 bridgehead atoms. The van der Waals surface area contributed by atoms with E-state index in [0.29, 0.717) is 18.3 Å². The van der Waals surface area contributed by atoms with Crippen molar-refractivity contribution in [2.45, 2.75) is 45.4 Å². The van der Waals surface area contributed by atoms with Crippen molar-refractivity contribution in [2.24, 2.45) is 5.92 Å². The highest BCUT2D eigenvalue weighted by atomic mass is 35.5. The summed E-state index contributed by atoms with van der Waals surface area (Å²) in [6, 6.07) is 0.178. The second kappa shape index (κ2) is 6.22. The minimum atomic E-state index is -3.03. The van der Waals surface area contributed by atoms with Crippen LogP contribution in [0.5, 0.6) is 0 Å². The lowest BCUT2D eigenvalue weighted by atomic mass is 10.1. The summed E-state index contributed by atoms with van der Waals surface area (Å²) < 4.78 is 23.0. The molecule has 0 aromatic carbocycles. The van der Waals surface area contributed by atoms with Crippen molar-refractivity contribution in [3.05, 3.63) is 0 Å². The van der Waals surface area contributed by atoms with E-state index in [1.807, 2.05) is 0 Å². The number of rotatable bonds is 6. The van der Waals surface area contributed by atoms with Crippen LogP contribution < -0.4 is 5.32 Å². The molecule has 98 valence electrons. The molecule has 0 aliphatic heterocycles. The summed E-state index contributed by atoms with van der Waals surface area (Å²) in [5, 5.41) is 3.19. The van der Waals surface area contributed by atoms with E-state index >= 15 is 0 Å². The molecule has 0 saturated heterocycles. The van der Waals surface area contributed by atoms with Crippen LogP contribution >= 0.6 is 11.6 Å². The van der Waals surface area contributed by atoms with Gasteiger partial charge in [-0.25, -0.2) is 8.42 Å². The van der Waals surface area contributed by atoms with Gasteiger partial charge in [0.25, 0.3) is 0 Å². The Kier molecular flexibility index (Phi) is 6.30. The van der Waals surface area contributed by atoms with Gasteiger partial charge in [0, 0.05) is 18.5 Å². The van der Waals surface area contributed by atoms with Crippen LogP contribution in [-0.4, -0.2) is 37.4 Å². The van der Waals surface area contributed by atoms with E-state index in [1.165, 1.54) is 0 Å². The molecule has 16 heavy (non-hydrogen) atoms. The van der Waals surface area contributed by atoms with Gasteiger partial charge >= 0.3 is 0 Å². The van der Waals surface area contributed by atoms with Gasteiger partial charge in [-0.15, -0.1) is 11.6 Å². The highest BCUT2D eigenvalue weighted by Crippen LogP contribution is 2.15. The van der Waals surface area contributed by atoms with E-state index in [-0.39, 0.29) is 11.8 Å². The van der Waals surface area contributed by atoms with E-state index in [2.05, 4.69) is 19.2 Å². The van der Waals surface area contributed by atoms with Crippen LogP contribution in [0, 0.1) is 5.92 Å². The van der Waals surface area contributed by atoms with Crippen LogP contribution in [0.4, 0.5) is 0 Å². The number of hydrogen-bond acceptors (Lipinski definition) is 3. The molecule has 0 aromatic rings. The molecule has 0 aliphatic carbocycles. The Morgan fingerprint density at radius 3 is 2.06 bits per heavy atom. The Morgan fingerprint density at radius 1 is 1.25 bits per heavy atom. The van der Waals surface area contributed by atoms with Crippen LogP contribution in [0.1, 0.15) is 34.6 Å². The summed E-state index contributed by atoms with van der Waals surface area (Å²) in [6.07, 6.45) is 0. The average Bonchev–Trinajstić information content (AvgIpc) is 2.09. The topological polar surface area (TPSA) is 46.2 Å². The third-order valence-corrected chi connectivity index (χ3v) is 5.62. The predicted octanol–water partition coefficient (Wildman–Crippen LogP) is 2.05. The fourth-order valence-corrected chi connectivity index (χ4v) is 2.62. The first kappa shape index (κ1) is 16.2. The molecule has 0 spiro atoms. The molecule has 1 unspecified atom stereocenters. The number of halogens is 1. The van der Waals surface area contributed by atoms with Crippen molar-refractivity contribution in [3.8, 4) is 0 Å².